The van der Waals surface area contributed by atoms with Crippen molar-refractivity contribution in [3.05, 3.63) is 54.1 Å². The number of carbonyl (C=O) groups excluding carboxylic acids is 1. The van der Waals surface area contributed by atoms with Crippen LogP contribution in [0.1, 0.15) is 18.4 Å². The first-order valence-corrected chi connectivity index (χ1v) is 10.2. The van der Waals surface area contributed by atoms with Crippen LogP contribution in [-0.2, 0) is 25.8 Å². The number of ether oxygens (including phenoxy) is 1. The summed E-state index contributed by atoms with van der Waals surface area (Å²) in [5.74, 6) is -0.629. The molecule has 27 heavy (non-hydrogen) atoms. The highest BCUT2D eigenvalue weighted by molar-refractivity contribution is 7.90. The van der Waals surface area contributed by atoms with Crippen molar-refractivity contribution in [2.24, 2.45) is 0 Å². The van der Waals surface area contributed by atoms with E-state index < -0.39 is 15.8 Å². The second kappa shape index (κ2) is 9.18. The van der Waals surface area contributed by atoms with Crippen LogP contribution in [0.3, 0.4) is 0 Å². The summed E-state index contributed by atoms with van der Waals surface area (Å²) in [5.41, 5.74) is 0.991. The fraction of sp³-hybridized carbons (Fsp3) is 0.263. The number of amides is 1. The SMILES string of the molecule is CS(=O)(=O)c1ccccc1CC(=O)Nc1ccc(OCCCC(=O)O)cc1. The summed E-state index contributed by atoms with van der Waals surface area (Å²) in [7, 11) is -3.41. The second-order valence-electron chi connectivity index (χ2n) is 5.97. The summed E-state index contributed by atoms with van der Waals surface area (Å²) in [5, 5.41) is 11.3. The Hall–Kier alpha value is -2.87. The molecule has 0 spiro atoms. The highest BCUT2D eigenvalue weighted by Gasteiger charge is 2.15. The van der Waals surface area contributed by atoms with Gasteiger partial charge in [0, 0.05) is 18.4 Å². The lowest BCUT2D eigenvalue weighted by Crippen LogP contribution is -2.16. The number of rotatable bonds is 9. The van der Waals surface area contributed by atoms with Crippen LogP contribution in [-0.4, -0.2) is 38.3 Å². The van der Waals surface area contributed by atoms with Gasteiger partial charge >= 0.3 is 5.97 Å². The Balaban J connectivity index is 1.92. The lowest BCUT2D eigenvalue weighted by molar-refractivity contribution is -0.137. The van der Waals surface area contributed by atoms with Crippen molar-refractivity contribution >= 4 is 27.4 Å². The van der Waals surface area contributed by atoms with Crippen LogP contribution in [0.2, 0.25) is 0 Å². The van der Waals surface area contributed by atoms with Gasteiger partial charge < -0.3 is 15.2 Å². The first-order chi connectivity index (χ1) is 12.8. The summed E-state index contributed by atoms with van der Waals surface area (Å²) in [6, 6.07) is 13.1. The molecule has 0 bridgehead atoms. The van der Waals surface area contributed by atoms with Gasteiger partial charge in [-0.1, -0.05) is 18.2 Å². The minimum absolute atomic E-state index is 0.0447. The summed E-state index contributed by atoms with van der Waals surface area (Å²) < 4.78 is 29.0. The average Bonchev–Trinajstić information content (AvgIpc) is 2.59. The minimum Gasteiger partial charge on any atom is -0.494 e. The Morgan fingerprint density at radius 1 is 1.07 bits per heavy atom. The quantitative estimate of drug-likeness (QED) is 0.636. The first-order valence-electron chi connectivity index (χ1n) is 8.28. The second-order valence-corrected chi connectivity index (χ2v) is 7.96. The van der Waals surface area contributed by atoms with E-state index in [0.717, 1.165) is 6.26 Å². The van der Waals surface area contributed by atoms with Crippen molar-refractivity contribution in [3.63, 3.8) is 0 Å². The molecule has 2 aromatic carbocycles. The molecule has 2 rings (SSSR count). The van der Waals surface area contributed by atoms with Crippen LogP contribution in [0.5, 0.6) is 5.75 Å². The molecule has 0 saturated carbocycles. The number of aliphatic carboxylic acids is 1. The molecular weight excluding hydrogens is 370 g/mol. The van der Waals surface area contributed by atoms with Gasteiger partial charge in [-0.3, -0.25) is 9.59 Å². The van der Waals surface area contributed by atoms with E-state index in [-0.39, 0.29) is 23.6 Å². The van der Waals surface area contributed by atoms with Gasteiger partial charge in [-0.05, 0) is 42.3 Å². The number of sulfone groups is 1. The Bertz CT molecular complexity index is 906. The third-order valence-electron chi connectivity index (χ3n) is 3.66. The smallest absolute Gasteiger partial charge is 0.303 e. The molecule has 1 amide bonds. The van der Waals surface area contributed by atoms with Crippen molar-refractivity contribution in [1.29, 1.82) is 0 Å². The molecule has 7 nitrogen and oxygen atoms in total. The first kappa shape index (κ1) is 20.4. The lowest BCUT2D eigenvalue weighted by Gasteiger charge is -2.10. The lowest BCUT2D eigenvalue weighted by atomic mass is 10.1. The monoisotopic (exact) mass is 391 g/mol. The van der Waals surface area contributed by atoms with Gasteiger partial charge in [0.1, 0.15) is 5.75 Å². The molecule has 0 fully saturated rings. The zero-order chi connectivity index (χ0) is 19.9. The zero-order valence-electron chi connectivity index (χ0n) is 14.8. The molecule has 2 N–H and O–H groups in total. The highest BCUT2D eigenvalue weighted by Crippen LogP contribution is 2.18. The molecule has 0 aliphatic rings. The van der Waals surface area contributed by atoms with Gasteiger partial charge in [-0.2, -0.15) is 0 Å². The van der Waals surface area contributed by atoms with E-state index in [4.69, 9.17) is 9.84 Å². The maximum absolute atomic E-state index is 12.2. The summed E-state index contributed by atoms with van der Waals surface area (Å²) >= 11 is 0. The minimum atomic E-state index is -3.41. The third-order valence-corrected chi connectivity index (χ3v) is 4.86. The third kappa shape index (κ3) is 6.74. The molecule has 0 radical (unpaired) electrons. The molecule has 0 aromatic heterocycles. The predicted molar refractivity (Wildman–Crippen MR) is 101 cm³/mol. The van der Waals surface area contributed by atoms with Crippen LogP contribution in [0.25, 0.3) is 0 Å². The van der Waals surface area contributed by atoms with Crippen LogP contribution in [0.15, 0.2) is 53.4 Å². The predicted octanol–water partition coefficient (Wildman–Crippen LogP) is 2.51. The molecule has 144 valence electrons. The van der Waals surface area contributed by atoms with Gasteiger partial charge in [0.05, 0.1) is 17.9 Å². The topological polar surface area (TPSA) is 110 Å². The van der Waals surface area contributed by atoms with Crippen molar-refractivity contribution in [2.45, 2.75) is 24.2 Å². The number of anilines is 1. The number of carbonyl (C=O) groups is 2. The van der Waals surface area contributed by atoms with Crippen molar-refractivity contribution < 1.29 is 27.9 Å². The number of nitrogens with one attached hydrogen (secondary N) is 1. The molecule has 0 unspecified atom stereocenters. The van der Waals surface area contributed by atoms with E-state index in [0.29, 0.717) is 30.0 Å². The Kier molecular flexibility index (Phi) is 6.95. The van der Waals surface area contributed by atoms with Gasteiger partial charge in [-0.15, -0.1) is 0 Å². The van der Waals surface area contributed by atoms with E-state index in [2.05, 4.69) is 5.32 Å². The van der Waals surface area contributed by atoms with Crippen molar-refractivity contribution in [3.8, 4) is 5.75 Å². The molecule has 0 aliphatic carbocycles. The molecule has 8 heteroatoms. The number of hydrogen-bond acceptors (Lipinski definition) is 5. The number of carboxylic acids is 1. The Labute approximate surface area is 157 Å². The molecular formula is C19H21NO6S. The molecule has 0 aliphatic heterocycles. The number of hydrogen-bond donors (Lipinski definition) is 2. The van der Waals surface area contributed by atoms with E-state index >= 15 is 0 Å². The van der Waals surface area contributed by atoms with Gasteiger partial charge in [0.15, 0.2) is 9.84 Å². The largest absolute Gasteiger partial charge is 0.494 e. The van der Waals surface area contributed by atoms with Gasteiger partial charge in [-0.25, -0.2) is 8.42 Å². The van der Waals surface area contributed by atoms with Gasteiger partial charge in [0.25, 0.3) is 0 Å². The van der Waals surface area contributed by atoms with Crippen LogP contribution in [0, 0.1) is 0 Å². The average molecular weight is 391 g/mol. The molecule has 0 saturated heterocycles. The summed E-state index contributed by atoms with van der Waals surface area (Å²) in [4.78, 5) is 22.8. The Morgan fingerprint density at radius 2 is 1.74 bits per heavy atom. The van der Waals surface area contributed by atoms with Gasteiger partial charge in [0.2, 0.25) is 5.91 Å². The van der Waals surface area contributed by atoms with E-state index in [9.17, 15) is 18.0 Å². The Morgan fingerprint density at radius 3 is 2.37 bits per heavy atom. The normalized spacial score (nSPS) is 11.0. The van der Waals surface area contributed by atoms with Crippen LogP contribution in [0.4, 0.5) is 5.69 Å². The highest BCUT2D eigenvalue weighted by atomic mass is 32.2. The van der Waals surface area contributed by atoms with Crippen LogP contribution >= 0.6 is 0 Å². The standard InChI is InChI=1S/C19H21NO6S/c1-27(24,25)17-6-3-2-5-14(17)13-18(21)20-15-8-10-16(11-9-15)26-12-4-7-19(22)23/h2-3,5-6,8-11H,4,7,12-13H2,1H3,(H,20,21)(H,22,23). The molecule has 0 heterocycles. The van der Waals surface area contributed by atoms with Crippen LogP contribution < -0.4 is 10.1 Å². The van der Waals surface area contributed by atoms with Crippen molar-refractivity contribution in [2.75, 3.05) is 18.2 Å². The van der Waals surface area contributed by atoms with E-state index in [1.165, 1.54) is 6.07 Å². The molecule has 0 atom stereocenters. The van der Waals surface area contributed by atoms with E-state index in [1.807, 2.05) is 0 Å². The number of benzene rings is 2. The summed E-state index contributed by atoms with van der Waals surface area (Å²) in [6.45, 7) is 0.292. The summed E-state index contributed by atoms with van der Waals surface area (Å²) in [6.07, 6.45) is 1.51. The number of carboxylic acid groups (broad SMARTS) is 1. The maximum atomic E-state index is 12.2. The maximum Gasteiger partial charge on any atom is 0.303 e. The fourth-order valence-corrected chi connectivity index (χ4v) is 3.38. The van der Waals surface area contributed by atoms with E-state index in [1.54, 1.807) is 42.5 Å². The van der Waals surface area contributed by atoms with Crippen molar-refractivity contribution in [1.82, 2.24) is 0 Å². The zero-order valence-corrected chi connectivity index (χ0v) is 15.7. The fourth-order valence-electron chi connectivity index (χ4n) is 2.44. The molecule has 2 aromatic rings.